The molecule has 2 N–H and O–H groups in total. The van der Waals surface area contributed by atoms with Crippen molar-refractivity contribution in [2.24, 2.45) is 5.92 Å². The van der Waals surface area contributed by atoms with Crippen LogP contribution in [-0.2, 0) is 9.53 Å². The summed E-state index contributed by atoms with van der Waals surface area (Å²) in [5.41, 5.74) is 5.49. The van der Waals surface area contributed by atoms with E-state index < -0.39 is 0 Å². The summed E-state index contributed by atoms with van der Waals surface area (Å²) in [6.07, 6.45) is 1.66. The molecule has 1 aromatic heterocycles. The number of carbonyl (C=O) groups excluding carboxylic acids is 1. The fourth-order valence-electron chi connectivity index (χ4n) is 1.08. The molecule has 5 heteroatoms. The molecular formula is C12H18N2O2S. The summed E-state index contributed by atoms with van der Waals surface area (Å²) in [7, 11) is 0. The third-order valence-corrected chi connectivity index (χ3v) is 3.02. The minimum absolute atomic E-state index is 0.194. The van der Waals surface area contributed by atoms with Crippen LogP contribution >= 0.6 is 11.8 Å². The van der Waals surface area contributed by atoms with Gasteiger partial charge < -0.3 is 10.5 Å². The summed E-state index contributed by atoms with van der Waals surface area (Å²) in [6.45, 7) is 6.30. The van der Waals surface area contributed by atoms with Crippen LogP contribution in [0.2, 0.25) is 0 Å². The molecule has 94 valence electrons. The summed E-state index contributed by atoms with van der Waals surface area (Å²) in [6, 6.07) is 3.56. The van der Waals surface area contributed by atoms with Crippen LogP contribution in [0.5, 0.6) is 0 Å². The van der Waals surface area contributed by atoms with Gasteiger partial charge in [-0.25, -0.2) is 4.98 Å². The highest BCUT2D eigenvalue weighted by atomic mass is 32.2. The van der Waals surface area contributed by atoms with Crippen molar-refractivity contribution in [3.8, 4) is 0 Å². The second-order valence-corrected chi connectivity index (χ2v) is 5.62. The molecule has 4 nitrogen and oxygen atoms in total. The Bertz CT molecular complexity index is 365. The van der Waals surface area contributed by atoms with E-state index in [0.717, 1.165) is 4.90 Å². The summed E-state index contributed by atoms with van der Waals surface area (Å²) in [4.78, 5) is 16.5. The van der Waals surface area contributed by atoms with Gasteiger partial charge in [0, 0.05) is 11.1 Å². The molecule has 1 aromatic rings. The first-order chi connectivity index (χ1) is 7.99. The molecule has 1 heterocycles. The van der Waals surface area contributed by atoms with Crippen molar-refractivity contribution >= 4 is 23.5 Å². The van der Waals surface area contributed by atoms with E-state index in [1.165, 1.54) is 11.8 Å². The van der Waals surface area contributed by atoms with Gasteiger partial charge in [-0.1, -0.05) is 13.8 Å². The fraction of sp³-hybridized carbons (Fsp3) is 0.500. The normalized spacial score (nSPS) is 12.5. The molecule has 1 unspecified atom stereocenters. The highest BCUT2D eigenvalue weighted by Crippen LogP contribution is 2.23. The molecule has 0 radical (unpaired) electrons. The minimum Gasteiger partial charge on any atom is -0.465 e. The zero-order valence-corrected chi connectivity index (χ0v) is 11.2. The van der Waals surface area contributed by atoms with Crippen LogP contribution < -0.4 is 5.73 Å². The van der Waals surface area contributed by atoms with Crippen LogP contribution in [0.25, 0.3) is 0 Å². The predicted octanol–water partition coefficient (Wildman–Crippen LogP) is 2.34. The van der Waals surface area contributed by atoms with E-state index in [1.807, 2.05) is 26.8 Å². The number of pyridine rings is 1. The molecular weight excluding hydrogens is 236 g/mol. The molecule has 0 aliphatic carbocycles. The smallest absolute Gasteiger partial charge is 0.319 e. The van der Waals surface area contributed by atoms with Crippen LogP contribution in [0.3, 0.4) is 0 Å². The van der Waals surface area contributed by atoms with Crippen LogP contribution in [0, 0.1) is 5.92 Å². The van der Waals surface area contributed by atoms with E-state index in [2.05, 4.69) is 4.98 Å². The second-order valence-electron chi connectivity index (χ2n) is 4.20. The molecule has 0 spiro atoms. The molecule has 0 bridgehead atoms. The van der Waals surface area contributed by atoms with Crippen molar-refractivity contribution in [1.82, 2.24) is 4.98 Å². The number of ether oxygens (including phenoxy) is 1. The Morgan fingerprint density at radius 2 is 2.18 bits per heavy atom. The molecule has 0 saturated carbocycles. The lowest BCUT2D eigenvalue weighted by atomic mass is 10.2. The third kappa shape index (κ3) is 5.08. The van der Waals surface area contributed by atoms with Crippen molar-refractivity contribution in [2.45, 2.75) is 30.9 Å². The van der Waals surface area contributed by atoms with E-state index >= 15 is 0 Å². The summed E-state index contributed by atoms with van der Waals surface area (Å²) in [5, 5.41) is -0.237. The molecule has 17 heavy (non-hydrogen) atoms. The number of carbonyl (C=O) groups is 1. The summed E-state index contributed by atoms with van der Waals surface area (Å²) < 4.78 is 5.16. The SMILES string of the molecule is CC(C)COC(=O)C(C)Sc1ccc(N)nc1. The number of hydrogen-bond acceptors (Lipinski definition) is 5. The van der Waals surface area contributed by atoms with E-state index in [9.17, 15) is 4.79 Å². The van der Waals surface area contributed by atoms with Crippen LogP contribution in [0.15, 0.2) is 23.2 Å². The lowest BCUT2D eigenvalue weighted by Crippen LogP contribution is -2.19. The van der Waals surface area contributed by atoms with Crippen LogP contribution in [0.1, 0.15) is 20.8 Å². The topological polar surface area (TPSA) is 65.2 Å². The minimum atomic E-state index is -0.237. The van der Waals surface area contributed by atoms with E-state index in [4.69, 9.17) is 10.5 Å². The zero-order chi connectivity index (χ0) is 12.8. The van der Waals surface area contributed by atoms with E-state index in [0.29, 0.717) is 18.3 Å². The highest BCUT2D eigenvalue weighted by Gasteiger charge is 2.16. The van der Waals surface area contributed by atoms with Gasteiger partial charge in [0.15, 0.2) is 0 Å². The summed E-state index contributed by atoms with van der Waals surface area (Å²) in [5.74, 6) is 0.638. The number of hydrogen-bond donors (Lipinski definition) is 1. The molecule has 0 aromatic carbocycles. The number of thioether (sulfide) groups is 1. The van der Waals surface area contributed by atoms with Crippen molar-refractivity contribution in [3.63, 3.8) is 0 Å². The predicted molar refractivity (Wildman–Crippen MR) is 69.8 cm³/mol. The Kier molecular flexibility index (Phi) is 5.28. The number of nitrogen functional groups attached to an aromatic ring is 1. The van der Waals surface area contributed by atoms with E-state index in [-0.39, 0.29) is 11.2 Å². The van der Waals surface area contributed by atoms with Gasteiger partial charge in [-0.15, -0.1) is 11.8 Å². The molecule has 1 rings (SSSR count). The monoisotopic (exact) mass is 254 g/mol. The summed E-state index contributed by atoms with van der Waals surface area (Å²) >= 11 is 1.42. The quantitative estimate of drug-likeness (QED) is 0.645. The van der Waals surface area contributed by atoms with Gasteiger partial charge in [0.1, 0.15) is 11.1 Å². The van der Waals surface area contributed by atoms with E-state index in [1.54, 1.807) is 12.3 Å². The molecule has 0 amide bonds. The standard InChI is InChI=1S/C12H18N2O2S/c1-8(2)7-16-12(15)9(3)17-10-4-5-11(13)14-6-10/h4-6,8-9H,7H2,1-3H3,(H2,13,14). The lowest BCUT2D eigenvalue weighted by molar-refractivity contribution is -0.143. The molecule has 0 fully saturated rings. The Morgan fingerprint density at radius 1 is 1.47 bits per heavy atom. The van der Waals surface area contributed by atoms with Gasteiger partial charge in [0.05, 0.1) is 6.61 Å². The van der Waals surface area contributed by atoms with Crippen molar-refractivity contribution < 1.29 is 9.53 Å². The number of esters is 1. The number of nitrogens with two attached hydrogens (primary N) is 1. The number of rotatable bonds is 5. The zero-order valence-electron chi connectivity index (χ0n) is 10.3. The molecule has 0 aliphatic rings. The van der Waals surface area contributed by atoms with Crippen LogP contribution in [-0.4, -0.2) is 22.8 Å². The fourth-order valence-corrected chi connectivity index (χ4v) is 1.91. The van der Waals surface area contributed by atoms with Crippen molar-refractivity contribution in [3.05, 3.63) is 18.3 Å². The first-order valence-corrected chi connectivity index (χ1v) is 6.42. The first-order valence-electron chi connectivity index (χ1n) is 5.54. The van der Waals surface area contributed by atoms with Gasteiger partial charge in [0.2, 0.25) is 0 Å². The van der Waals surface area contributed by atoms with Crippen LogP contribution in [0.4, 0.5) is 5.82 Å². The number of anilines is 1. The Hall–Kier alpha value is -1.23. The van der Waals surface area contributed by atoms with Crippen molar-refractivity contribution in [2.75, 3.05) is 12.3 Å². The number of aromatic nitrogens is 1. The Morgan fingerprint density at radius 3 is 2.71 bits per heavy atom. The third-order valence-electron chi connectivity index (χ3n) is 1.96. The largest absolute Gasteiger partial charge is 0.465 e. The molecule has 0 saturated heterocycles. The average molecular weight is 254 g/mol. The van der Waals surface area contributed by atoms with Gasteiger partial charge in [-0.3, -0.25) is 4.79 Å². The first kappa shape index (κ1) is 13.8. The maximum absolute atomic E-state index is 11.6. The maximum Gasteiger partial charge on any atom is 0.319 e. The Labute approximate surface area is 106 Å². The van der Waals surface area contributed by atoms with Gasteiger partial charge >= 0.3 is 5.97 Å². The van der Waals surface area contributed by atoms with Crippen molar-refractivity contribution in [1.29, 1.82) is 0 Å². The van der Waals surface area contributed by atoms with Gasteiger partial charge in [-0.2, -0.15) is 0 Å². The number of nitrogens with zero attached hydrogens (tertiary/aromatic N) is 1. The average Bonchev–Trinajstić information content (AvgIpc) is 2.28. The molecule has 1 atom stereocenters. The Balaban J connectivity index is 2.45. The highest BCUT2D eigenvalue weighted by molar-refractivity contribution is 8.00. The second kappa shape index (κ2) is 6.49. The lowest BCUT2D eigenvalue weighted by Gasteiger charge is -2.12. The maximum atomic E-state index is 11.6. The van der Waals surface area contributed by atoms with Gasteiger partial charge in [0.25, 0.3) is 0 Å². The van der Waals surface area contributed by atoms with Gasteiger partial charge in [-0.05, 0) is 25.0 Å². The molecule has 0 aliphatic heterocycles.